The largest absolute Gasteiger partial charge is 0.462 e. The quantitative estimate of drug-likeness (QED) is 0.163. The predicted molar refractivity (Wildman–Crippen MR) is 101 cm³/mol. The number of aromatic nitrogens is 1. The fraction of sp³-hybridized carbons (Fsp3) is 0.571. The summed E-state index contributed by atoms with van der Waals surface area (Å²) in [4.78, 5) is 28.2. The van der Waals surface area contributed by atoms with Crippen LogP contribution in [-0.4, -0.2) is 23.3 Å². The molecule has 0 radical (unpaired) electrons. The molecule has 0 fully saturated rings. The SMILES string of the molecule is CCCCCCCCCCOC(=O)C(=Cc1cccnc1)C(=O)CC. The molecule has 25 heavy (non-hydrogen) atoms. The van der Waals surface area contributed by atoms with Crippen molar-refractivity contribution in [1.29, 1.82) is 0 Å². The summed E-state index contributed by atoms with van der Waals surface area (Å²) >= 11 is 0. The molecule has 0 atom stereocenters. The number of nitrogens with zero attached hydrogens (tertiary/aromatic N) is 1. The van der Waals surface area contributed by atoms with Gasteiger partial charge in [0.05, 0.1) is 6.61 Å². The molecule has 0 saturated carbocycles. The van der Waals surface area contributed by atoms with E-state index in [4.69, 9.17) is 4.74 Å². The molecule has 0 N–H and O–H groups in total. The number of hydrogen-bond acceptors (Lipinski definition) is 4. The summed E-state index contributed by atoms with van der Waals surface area (Å²) in [7, 11) is 0. The molecule has 4 heteroatoms. The van der Waals surface area contributed by atoms with E-state index in [1.54, 1.807) is 31.5 Å². The number of Topliss-reactive ketones (excluding diaryl/α,β-unsaturated/α-hetero) is 1. The fourth-order valence-electron chi connectivity index (χ4n) is 2.55. The number of esters is 1. The van der Waals surface area contributed by atoms with Crippen molar-refractivity contribution >= 4 is 17.8 Å². The summed E-state index contributed by atoms with van der Waals surface area (Å²) in [5.74, 6) is -0.733. The van der Waals surface area contributed by atoms with E-state index in [2.05, 4.69) is 11.9 Å². The molecular weight excluding hydrogens is 314 g/mol. The summed E-state index contributed by atoms with van der Waals surface area (Å²) in [6.45, 7) is 4.33. The van der Waals surface area contributed by atoms with E-state index in [0.29, 0.717) is 6.61 Å². The molecule has 0 unspecified atom stereocenters. The van der Waals surface area contributed by atoms with E-state index in [1.807, 2.05) is 6.07 Å². The average molecular weight is 345 g/mol. The number of rotatable bonds is 13. The maximum Gasteiger partial charge on any atom is 0.341 e. The Morgan fingerprint density at radius 2 is 1.72 bits per heavy atom. The zero-order valence-corrected chi connectivity index (χ0v) is 15.6. The van der Waals surface area contributed by atoms with Gasteiger partial charge in [-0.15, -0.1) is 0 Å². The first-order valence-electron chi connectivity index (χ1n) is 9.51. The molecule has 1 aromatic rings. The number of ketones is 1. The predicted octanol–water partition coefficient (Wildman–Crippen LogP) is 5.13. The molecule has 138 valence electrons. The molecule has 0 spiro atoms. The van der Waals surface area contributed by atoms with Gasteiger partial charge < -0.3 is 4.74 Å². The number of unbranched alkanes of at least 4 members (excludes halogenated alkanes) is 7. The van der Waals surface area contributed by atoms with Crippen LogP contribution in [-0.2, 0) is 14.3 Å². The second kappa shape index (κ2) is 13.3. The van der Waals surface area contributed by atoms with Gasteiger partial charge in [-0.2, -0.15) is 0 Å². The van der Waals surface area contributed by atoms with Crippen molar-refractivity contribution in [1.82, 2.24) is 4.98 Å². The zero-order chi connectivity index (χ0) is 18.3. The monoisotopic (exact) mass is 345 g/mol. The van der Waals surface area contributed by atoms with Gasteiger partial charge in [-0.1, -0.05) is 64.9 Å². The highest BCUT2D eigenvalue weighted by atomic mass is 16.5. The topological polar surface area (TPSA) is 56.3 Å². The lowest BCUT2D eigenvalue weighted by Gasteiger charge is -2.07. The smallest absolute Gasteiger partial charge is 0.341 e. The second-order valence-electron chi connectivity index (χ2n) is 6.23. The van der Waals surface area contributed by atoms with E-state index in [-0.39, 0.29) is 17.8 Å². The van der Waals surface area contributed by atoms with Crippen molar-refractivity contribution in [3.63, 3.8) is 0 Å². The highest BCUT2D eigenvalue weighted by Crippen LogP contribution is 2.12. The van der Waals surface area contributed by atoms with Crippen LogP contribution in [0.5, 0.6) is 0 Å². The van der Waals surface area contributed by atoms with Crippen LogP contribution in [0.3, 0.4) is 0 Å². The number of carbonyl (C=O) groups is 2. The highest BCUT2D eigenvalue weighted by Gasteiger charge is 2.18. The van der Waals surface area contributed by atoms with Crippen LogP contribution in [0, 0.1) is 0 Å². The summed E-state index contributed by atoms with van der Waals surface area (Å²) in [6.07, 6.45) is 14.6. The van der Waals surface area contributed by atoms with Gasteiger partial charge in [0.15, 0.2) is 5.78 Å². The third kappa shape index (κ3) is 9.18. The van der Waals surface area contributed by atoms with Crippen molar-refractivity contribution in [2.45, 2.75) is 71.6 Å². The van der Waals surface area contributed by atoms with E-state index < -0.39 is 5.97 Å². The third-order valence-electron chi connectivity index (χ3n) is 4.07. The van der Waals surface area contributed by atoms with Crippen molar-refractivity contribution in [2.75, 3.05) is 6.61 Å². The Bertz CT molecular complexity index is 537. The fourth-order valence-corrected chi connectivity index (χ4v) is 2.55. The number of ether oxygens (including phenoxy) is 1. The lowest BCUT2D eigenvalue weighted by Crippen LogP contribution is -2.16. The van der Waals surface area contributed by atoms with Gasteiger partial charge in [0.25, 0.3) is 0 Å². The van der Waals surface area contributed by atoms with Crippen LogP contribution in [0.1, 0.15) is 77.2 Å². The molecule has 0 aliphatic heterocycles. The molecule has 0 amide bonds. The van der Waals surface area contributed by atoms with Gasteiger partial charge in [-0.05, 0) is 24.1 Å². The van der Waals surface area contributed by atoms with Gasteiger partial charge >= 0.3 is 5.97 Å². The first-order valence-corrected chi connectivity index (χ1v) is 9.51. The van der Waals surface area contributed by atoms with Gasteiger partial charge in [0.1, 0.15) is 5.57 Å². The van der Waals surface area contributed by atoms with E-state index in [1.165, 1.54) is 38.5 Å². The van der Waals surface area contributed by atoms with Crippen LogP contribution >= 0.6 is 0 Å². The second-order valence-corrected chi connectivity index (χ2v) is 6.23. The highest BCUT2D eigenvalue weighted by molar-refractivity contribution is 6.20. The average Bonchev–Trinajstić information content (AvgIpc) is 2.64. The summed E-state index contributed by atoms with van der Waals surface area (Å²) in [5.41, 5.74) is 0.832. The standard InChI is InChI=1S/C21H31NO3/c1-3-5-6-7-8-9-10-11-15-25-21(24)19(20(23)4-2)16-18-13-12-14-22-17-18/h12-14,16-17H,3-11,15H2,1-2H3. The summed E-state index contributed by atoms with van der Waals surface area (Å²) in [5, 5.41) is 0. The van der Waals surface area contributed by atoms with Gasteiger partial charge in [0.2, 0.25) is 0 Å². The van der Waals surface area contributed by atoms with Crippen molar-refractivity contribution in [3.8, 4) is 0 Å². The van der Waals surface area contributed by atoms with Gasteiger partial charge in [-0.25, -0.2) is 4.79 Å². The van der Waals surface area contributed by atoms with Crippen LogP contribution in [0.15, 0.2) is 30.1 Å². The number of carbonyl (C=O) groups excluding carboxylic acids is 2. The minimum Gasteiger partial charge on any atom is -0.462 e. The third-order valence-corrected chi connectivity index (χ3v) is 4.07. The van der Waals surface area contributed by atoms with Crippen molar-refractivity contribution in [3.05, 3.63) is 35.7 Å². The normalized spacial score (nSPS) is 11.4. The molecule has 4 nitrogen and oxygen atoms in total. The first-order chi connectivity index (χ1) is 12.2. The summed E-state index contributed by atoms with van der Waals surface area (Å²) < 4.78 is 5.30. The van der Waals surface area contributed by atoms with E-state index in [9.17, 15) is 9.59 Å². The molecule has 0 aliphatic rings. The molecule has 1 heterocycles. The van der Waals surface area contributed by atoms with Crippen molar-refractivity contribution in [2.24, 2.45) is 0 Å². The zero-order valence-electron chi connectivity index (χ0n) is 15.6. The summed E-state index contributed by atoms with van der Waals surface area (Å²) in [6, 6.07) is 3.58. The molecule has 1 aromatic heterocycles. The van der Waals surface area contributed by atoms with E-state index in [0.717, 1.165) is 18.4 Å². The Hall–Kier alpha value is -1.97. The first kappa shape index (κ1) is 21.1. The van der Waals surface area contributed by atoms with Crippen LogP contribution < -0.4 is 0 Å². The molecule has 0 bridgehead atoms. The molecule has 0 saturated heterocycles. The van der Waals surface area contributed by atoms with Gasteiger partial charge in [0, 0.05) is 18.8 Å². The Morgan fingerprint density at radius 1 is 1.04 bits per heavy atom. The van der Waals surface area contributed by atoms with Gasteiger partial charge in [-0.3, -0.25) is 9.78 Å². The Kier molecular flexibility index (Phi) is 11.2. The maximum absolute atomic E-state index is 12.2. The minimum absolute atomic E-state index is 0.107. The Labute approximate surface area is 151 Å². The van der Waals surface area contributed by atoms with Crippen LogP contribution in [0.25, 0.3) is 6.08 Å². The molecular formula is C21H31NO3. The molecule has 1 rings (SSSR count). The molecule has 0 aliphatic carbocycles. The number of pyridine rings is 1. The Balaban J connectivity index is 2.36. The van der Waals surface area contributed by atoms with Crippen LogP contribution in [0.2, 0.25) is 0 Å². The van der Waals surface area contributed by atoms with Crippen molar-refractivity contribution < 1.29 is 14.3 Å². The minimum atomic E-state index is -0.529. The van der Waals surface area contributed by atoms with Crippen LogP contribution in [0.4, 0.5) is 0 Å². The lowest BCUT2D eigenvalue weighted by atomic mass is 10.1. The lowest BCUT2D eigenvalue weighted by molar-refractivity contribution is -0.140. The molecule has 0 aromatic carbocycles. The number of hydrogen-bond donors (Lipinski definition) is 0. The maximum atomic E-state index is 12.2. The Morgan fingerprint density at radius 3 is 2.32 bits per heavy atom. The van der Waals surface area contributed by atoms with E-state index >= 15 is 0 Å².